The fourth-order valence-electron chi connectivity index (χ4n) is 1.67. The molecule has 1 unspecified atom stereocenters. The fraction of sp³-hybridized carbons (Fsp3) is 0.500. The Balaban J connectivity index is 3.11. The molecule has 0 aromatic heterocycles. The Kier molecular flexibility index (Phi) is 5.13. The van der Waals surface area contributed by atoms with Gasteiger partial charge in [0.15, 0.2) is 0 Å². The Labute approximate surface area is 108 Å². The number of hydrogen-bond donors (Lipinski definition) is 2. The molecule has 0 bridgehead atoms. The number of nitrogens with zero attached hydrogens (tertiary/aromatic N) is 1. The van der Waals surface area contributed by atoms with Crippen LogP contribution in [0.25, 0.3) is 0 Å². The number of hydrogen-bond acceptors (Lipinski definition) is 4. The lowest BCUT2D eigenvalue weighted by atomic mass is 10.3. The quantitative estimate of drug-likeness (QED) is 0.814. The van der Waals surface area contributed by atoms with Crippen molar-refractivity contribution in [3.8, 4) is 0 Å². The minimum Gasteiger partial charge on any atom is -0.392 e. The van der Waals surface area contributed by atoms with Gasteiger partial charge in [0.05, 0.1) is 11.8 Å². The molecule has 0 aliphatic heterocycles. The number of rotatable bonds is 6. The Morgan fingerprint density at radius 1 is 1.39 bits per heavy atom. The van der Waals surface area contributed by atoms with E-state index in [0.717, 1.165) is 4.31 Å². The van der Waals surface area contributed by atoms with Crippen LogP contribution in [0.1, 0.15) is 13.8 Å². The van der Waals surface area contributed by atoms with Crippen LogP contribution in [0.5, 0.6) is 0 Å². The van der Waals surface area contributed by atoms with Gasteiger partial charge in [-0.05, 0) is 26.0 Å². The first-order valence-corrected chi connectivity index (χ1v) is 7.31. The molecular weight excluding hydrogens is 252 g/mol. The lowest BCUT2D eigenvalue weighted by molar-refractivity contribution is 0.171. The summed E-state index contributed by atoms with van der Waals surface area (Å²) in [4.78, 5) is 0.231. The summed E-state index contributed by atoms with van der Waals surface area (Å²) in [6.07, 6.45) is -0.698. The zero-order valence-electron chi connectivity index (χ0n) is 10.9. The fourth-order valence-corrected chi connectivity index (χ4v) is 3.08. The van der Waals surface area contributed by atoms with E-state index in [2.05, 4.69) is 5.32 Å². The molecule has 1 atom stereocenters. The number of benzene rings is 1. The Morgan fingerprint density at radius 2 is 2.00 bits per heavy atom. The van der Waals surface area contributed by atoms with Gasteiger partial charge in [-0.3, -0.25) is 0 Å². The average molecular weight is 272 g/mol. The third kappa shape index (κ3) is 3.44. The van der Waals surface area contributed by atoms with Crippen LogP contribution < -0.4 is 5.32 Å². The molecule has 102 valence electrons. The molecule has 0 aliphatic carbocycles. The molecule has 1 aromatic rings. The number of sulfonamides is 1. The van der Waals surface area contributed by atoms with Crippen molar-refractivity contribution in [1.82, 2.24) is 4.31 Å². The standard InChI is InChI=1S/C12H20N2O3S/c1-4-13-11-7-5-6-8-12(11)18(16,17)14(3)9-10(2)15/h5-8,10,13,15H,4,9H2,1-3H3. The SMILES string of the molecule is CCNc1ccccc1S(=O)(=O)N(C)CC(C)O. The second-order valence-corrected chi connectivity index (χ2v) is 6.17. The van der Waals surface area contributed by atoms with Gasteiger partial charge < -0.3 is 10.4 Å². The second kappa shape index (κ2) is 6.17. The highest BCUT2D eigenvalue weighted by Gasteiger charge is 2.24. The minimum absolute atomic E-state index is 0.0722. The van der Waals surface area contributed by atoms with Gasteiger partial charge in [0.25, 0.3) is 0 Å². The predicted molar refractivity (Wildman–Crippen MR) is 72.1 cm³/mol. The van der Waals surface area contributed by atoms with Gasteiger partial charge >= 0.3 is 0 Å². The molecule has 2 N–H and O–H groups in total. The second-order valence-electron chi connectivity index (χ2n) is 4.16. The minimum atomic E-state index is -3.58. The van der Waals surface area contributed by atoms with Gasteiger partial charge in [0.2, 0.25) is 10.0 Å². The zero-order chi connectivity index (χ0) is 13.8. The molecule has 0 saturated carbocycles. The summed E-state index contributed by atoms with van der Waals surface area (Å²) in [5.74, 6) is 0. The van der Waals surface area contributed by atoms with E-state index in [0.29, 0.717) is 12.2 Å². The lowest BCUT2D eigenvalue weighted by Crippen LogP contribution is -2.33. The zero-order valence-corrected chi connectivity index (χ0v) is 11.7. The van der Waals surface area contributed by atoms with Crippen LogP contribution in [0.3, 0.4) is 0 Å². The maximum absolute atomic E-state index is 12.3. The number of aliphatic hydroxyl groups excluding tert-OH is 1. The third-order valence-electron chi connectivity index (χ3n) is 2.46. The Bertz CT molecular complexity index is 486. The molecule has 5 nitrogen and oxygen atoms in total. The lowest BCUT2D eigenvalue weighted by Gasteiger charge is -2.20. The van der Waals surface area contributed by atoms with E-state index < -0.39 is 16.1 Å². The third-order valence-corrected chi connectivity index (χ3v) is 4.35. The molecule has 0 heterocycles. The van der Waals surface area contributed by atoms with E-state index in [4.69, 9.17) is 0 Å². The van der Waals surface area contributed by atoms with Crippen LogP contribution in [-0.2, 0) is 10.0 Å². The molecule has 0 radical (unpaired) electrons. The highest BCUT2D eigenvalue weighted by atomic mass is 32.2. The summed E-state index contributed by atoms with van der Waals surface area (Å²) in [6, 6.07) is 6.76. The van der Waals surface area contributed by atoms with Gasteiger partial charge in [-0.15, -0.1) is 0 Å². The molecule has 1 aromatic carbocycles. The molecule has 0 fully saturated rings. The van der Waals surface area contributed by atoms with Crippen LogP contribution in [-0.4, -0.2) is 44.1 Å². The van der Waals surface area contributed by atoms with Gasteiger partial charge in [-0.1, -0.05) is 12.1 Å². The van der Waals surface area contributed by atoms with Crippen molar-refractivity contribution in [3.05, 3.63) is 24.3 Å². The van der Waals surface area contributed by atoms with Crippen LogP contribution in [0.2, 0.25) is 0 Å². The van der Waals surface area contributed by atoms with Crippen molar-refractivity contribution < 1.29 is 13.5 Å². The maximum Gasteiger partial charge on any atom is 0.244 e. The summed E-state index contributed by atoms with van der Waals surface area (Å²) in [6.45, 7) is 4.18. The van der Waals surface area contributed by atoms with E-state index in [1.54, 1.807) is 31.2 Å². The maximum atomic E-state index is 12.3. The van der Waals surface area contributed by atoms with Crippen LogP contribution in [0.15, 0.2) is 29.2 Å². The highest BCUT2D eigenvalue weighted by Crippen LogP contribution is 2.23. The topological polar surface area (TPSA) is 69.6 Å². The van der Waals surface area contributed by atoms with E-state index in [9.17, 15) is 13.5 Å². The van der Waals surface area contributed by atoms with E-state index in [1.165, 1.54) is 7.05 Å². The number of likely N-dealkylation sites (N-methyl/N-ethyl adjacent to an activating group) is 1. The van der Waals surface area contributed by atoms with Gasteiger partial charge in [-0.25, -0.2) is 8.42 Å². The highest BCUT2D eigenvalue weighted by molar-refractivity contribution is 7.89. The smallest absolute Gasteiger partial charge is 0.244 e. The summed E-state index contributed by atoms with van der Waals surface area (Å²) >= 11 is 0. The first-order chi connectivity index (χ1) is 8.39. The van der Waals surface area contributed by atoms with Crippen molar-refractivity contribution in [2.45, 2.75) is 24.8 Å². The average Bonchev–Trinajstić information content (AvgIpc) is 2.29. The van der Waals surface area contributed by atoms with Crippen molar-refractivity contribution in [3.63, 3.8) is 0 Å². The molecule has 1 rings (SSSR count). The van der Waals surface area contributed by atoms with Gasteiger partial charge in [0.1, 0.15) is 4.90 Å². The predicted octanol–water partition coefficient (Wildman–Crippen LogP) is 1.12. The molecule has 0 spiro atoms. The van der Waals surface area contributed by atoms with Crippen molar-refractivity contribution in [2.24, 2.45) is 0 Å². The molecule has 0 amide bonds. The normalized spacial score (nSPS) is 13.6. The molecular formula is C12H20N2O3S. The number of para-hydroxylation sites is 1. The largest absolute Gasteiger partial charge is 0.392 e. The monoisotopic (exact) mass is 272 g/mol. The number of aliphatic hydroxyl groups is 1. The first kappa shape index (κ1) is 14.9. The van der Waals surface area contributed by atoms with E-state index >= 15 is 0 Å². The van der Waals surface area contributed by atoms with Gasteiger partial charge in [-0.2, -0.15) is 4.31 Å². The summed E-state index contributed by atoms with van der Waals surface area (Å²) in [7, 11) is -2.11. The van der Waals surface area contributed by atoms with E-state index in [1.807, 2.05) is 6.92 Å². The molecule has 6 heteroatoms. The summed E-state index contributed by atoms with van der Waals surface area (Å²) < 4.78 is 25.8. The molecule has 0 saturated heterocycles. The van der Waals surface area contributed by atoms with E-state index in [-0.39, 0.29) is 11.4 Å². The molecule has 0 aliphatic rings. The Hall–Kier alpha value is -1.11. The number of anilines is 1. The van der Waals surface area contributed by atoms with Crippen LogP contribution in [0, 0.1) is 0 Å². The number of nitrogens with one attached hydrogen (secondary N) is 1. The molecule has 18 heavy (non-hydrogen) atoms. The van der Waals surface area contributed by atoms with Crippen LogP contribution in [0.4, 0.5) is 5.69 Å². The van der Waals surface area contributed by atoms with Crippen molar-refractivity contribution in [1.29, 1.82) is 0 Å². The first-order valence-electron chi connectivity index (χ1n) is 5.87. The Morgan fingerprint density at radius 3 is 2.56 bits per heavy atom. The van der Waals surface area contributed by atoms with Crippen molar-refractivity contribution in [2.75, 3.05) is 25.5 Å². The van der Waals surface area contributed by atoms with Crippen LogP contribution >= 0.6 is 0 Å². The summed E-state index contributed by atoms with van der Waals surface area (Å²) in [5, 5.41) is 12.3. The van der Waals surface area contributed by atoms with Crippen molar-refractivity contribution >= 4 is 15.7 Å². The summed E-state index contributed by atoms with van der Waals surface area (Å²) in [5.41, 5.74) is 0.581. The van der Waals surface area contributed by atoms with Gasteiger partial charge in [0, 0.05) is 20.1 Å².